The summed E-state index contributed by atoms with van der Waals surface area (Å²) in [6.45, 7) is 3.17. The van der Waals surface area contributed by atoms with Gasteiger partial charge in [0.1, 0.15) is 6.04 Å². The lowest BCUT2D eigenvalue weighted by molar-refractivity contribution is -0.141. The number of hydrogen-bond acceptors (Lipinski definition) is 4. The summed E-state index contributed by atoms with van der Waals surface area (Å²) < 4.78 is 23.3. The summed E-state index contributed by atoms with van der Waals surface area (Å²) in [7, 11) is -3.43. The van der Waals surface area contributed by atoms with Crippen molar-refractivity contribution in [2.24, 2.45) is 0 Å². The van der Waals surface area contributed by atoms with E-state index in [9.17, 15) is 23.1 Å². The SMILES string of the molecule is Cc1ccc(S(C)(=O)=O)cc1C(=O)N(C1CC1)C(C)C(=O)O. The predicted molar refractivity (Wildman–Crippen MR) is 80.6 cm³/mol. The van der Waals surface area contributed by atoms with Gasteiger partial charge in [0.25, 0.3) is 5.91 Å². The molecule has 1 aromatic carbocycles. The quantitative estimate of drug-likeness (QED) is 0.885. The predicted octanol–water partition coefficient (Wildman–Crippen LogP) is 1.48. The van der Waals surface area contributed by atoms with Crippen molar-refractivity contribution in [2.45, 2.75) is 43.7 Å². The van der Waals surface area contributed by atoms with E-state index in [0.717, 1.165) is 19.1 Å². The van der Waals surface area contributed by atoms with Crippen LogP contribution in [-0.2, 0) is 14.6 Å². The molecule has 22 heavy (non-hydrogen) atoms. The van der Waals surface area contributed by atoms with Crippen LogP contribution in [0.3, 0.4) is 0 Å². The first kappa shape index (κ1) is 16.5. The molecule has 0 aromatic heterocycles. The van der Waals surface area contributed by atoms with Crippen molar-refractivity contribution in [1.82, 2.24) is 4.90 Å². The van der Waals surface area contributed by atoms with Gasteiger partial charge >= 0.3 is 5.97 Å². The highest BCUT2D eigenvalue weighted by Crippen LogP contribution is 2.31. The topological polar surface area (TPSA) is 91.8 Å². The number of amides is 1. The zero-order valence-electron chi connectivity index (χ0n) is 12.7. The van der Waals surface area contributed by atoms with Crippen LogP contribution in [0.4, 0.5) is 0 Å². The van der Waals surface area contributed by atoms with E-state index in [1.807, 2.05) is 0 Å². The molecule has 1 N–H and O–H groups in total. The van der Waals surface area contributed by atoms with Crippen LogP contribution < -0.4 is 0 Å². The molecule has 0 spiro atoms. The Morgan fingerprint density at radius 2 is 1.91 bits per heavy atom. The number of carboxylic acid groups (broad SMARTS) is 1. The summed E-state index contributed by atoms with van der Waals surface area (Å²) in [5.74, 6) is -1.50. The number of aliphatic carboxylic acids is 1. The average molecular weight is 325 g/mol. The van der Waals surface area contributed by atoms with Crippen LogP contribution in [0.5, 0.6) is 0 Å². The molecule has 1 aliphatic rings. The first-order chi connectivity index (χ1) is 10.1. The molecule has 1 fully saturated rings. The molecule has 1 saturated carbocycles. The molecule has 6 nitrogen and oxygen atoms in total. The maximum absolute atomic E-state index is 12.7. The fraction of sp³-hybridized carbons (Fsp3) is 0.467. The third-order valence-corrected chi connectivity index (χ3v) is 4.93. The molecule has 1 atom stereocenters. The van der Waals surface area contributed by atoms with Crippen molar-refractivity contribution in [3.05, 3.63) is 29.3 Å². The molecule has 120 valence electrons. The van der Waals surface area contributed by atoms with Crippen molar-refractivity contribution in [1.29, 1.82) is 0 Å². The minimum absolute atomic E-state index is 0.0557. The monoisotopic (exact) mass is 325 g/mol. The van der Waals surface area contributed by atoms with E-state index in [1.54, 1.807) is 13.0 Å². The normalized spacial score (nSPS) is 16.1. The highest BCUT2D eigenvalue weighted by atomic mass is 32.2. The molecular formula is C15H19NO5S. The van der Waals surface area contributed by atoms with E-state index in [0.29, 0.717) is 5.56 Å². The second-order valence-corrected chi connectivity index (χ2v) is 7.72. The zero-order valence-corrected chi connectivity index (χ0v) is 13.6. The second kappa shape index (κ2) is 5.72. The molecular weight excluding hydrogens is 306 g/mol. The lowest BCUT2D eigenvalue weighted by Crippen LogP contribution is -2.45. The highest BCUT2D eigenvalue weighted by molar-refractivity contribution is 7.90. The Bertz CT molecular complexity index is 721. The largest absolute Gasteiger partial charge is 0.480 e. The molecule has 0 bridgehead atoms. The first-order valence-corrected chi connectivity index (χ1v) is 8.88. The van der Waals surface area contributed by atoms with Gasteiger partial charge in [-0.15, -0.1) is 0 Å². The second-order valence-electron chi connectivity index (χ2n) is 5.71. The van der Waals surface area contributed by atoms with Crippen molar-refractivity contribution in [3.63, 3.8) is 0 Å². The lowest BCUT2D eigenvalue weighted by atomic mass is 10.1. The third kappa shape index (κ3) is 3.30. The van der Waals surface area contributed by atoms with E-state index < -0.39 is 27.8 Å². The van der Waals surface area contributed by atoms with E-state index in [2.05, 4.69) is 0 Å². The maximum atomic E-state index is 12.7. The molecule has 1 aromatic rings. The number of rotatable bonds is 5. The van der Waals surface area contributed by atoms with Gasteiger partial charge in [0.2, 0.25) is 0 Å². The van der Waals surface area contributed by atoms with Gasteiger partial charge in [0, 0.05) is 17.9 Å². The van der Waals surface area contributed by atoms with Gasteiger partial charge in [0.15, 0.2) is 9.84 Å². The Morgan fingerprint density at radius 3 is 2.36 bits per heavy atom. The number of benzene rings is 1. The fourth-order valence-corrected chi connectivity index (χ4v) is 2.98. The van der Waals surface area contributed by atoms with Crippen molar-refractivity contribution < 1.29 is 23.1 Å². The smallest absolute Gasteiger partial charge is 0.326 e. The number of carbonyl (C=O) groups excluding carboxylic acids is 1. The number of carboxylic acids is 1. The van der Waals surface area contributed by atoms with Gasteiger partial charge in [0.05, 0.1) is 4.90 Å². The number of aryl methyl sites for hydroxylation is 1. The van der Waals surface area contributed by atoms with Gasteiger partial charge in [-0.3, -0.25) is 4.79 Å². The minimum atomic E-state index is -3.43. The first-order valence-electron chi connectivity index (χ1n) is 6.99. The summed E-state index contributed by atoms with van der Waals surface area (Å²) >= 11 is 0. The zero-order chi connectivity index (χ0) is 16.7. The fourth-order valence-electron chi connectivity index (χ4n) is 2.33. The summed E-state index contributed by atoms with van der Waals surface area (Å²) in [5, 5.41) is 9.19. The third-order valence-electron chi connectivity index (χ3n) is 3.82. The van der Waals surface area contributed by atoms with Gasteiger partial charge < -0.3 is 10.0 Å². The Labute approximate surface area is 129 Å². The molecule has 1 amide bonds. The van der Waals surface area contributed by atoms with E-state index in [-0.39, 0.29) is 16.5 Å². The van der Waals surface area contributed by atoms with Gasteiger partial charge in [-0.05, 0) is 44.4 Å². The minimum Gasteiger partial charge on any atom is -0.480 e. The van der Waals surface area contributed by atoms with Crippen LogP contribution in [0, 0.1) is 6.92 Å². The van der Waals surface area contributed by atoms with Crippen LogP contribution in [0.2, 0.25) is 0 Å². The van der Waals surface area contributed by atoms with Crippen LogP contribution in [0.1, 0.15) is 35.7 Å². The van der Waals surface area contributed by atoms with E-state index >= 15 is 0 Å². The summed E-state index contributed by atoms with van der Waals surface area (Å²) in [6.07, 6.45) is 2.62. The van der Waals surface area contributed by atoms with Crippen LogP contribution in [0.15, 0.2) is 23.1 Å². The molecule has 1 unspecified atom stereocenters. The molecule has 0 heterocycles. The number of nitrogens with zero attached hydrogens (tertiary/aromatic N) is 1. The molecule has 0 aliphatic heterocycles. The molecule has 0 saturated heterocycles. The summed E-state index contributed by atoms with van der Waals surface area (Å²) in [6, 6.07) is 3.32. The summed E-state index contributed by atoms with van der Waals surface area (Å²) in [4.78, 5) is 25.4. The Kier molecular flexibility index (Phi) is 4.28. The van der Waals surface area contributed by atoms with Crippen LogP contribution in [0.25, 0.3) is 0 Å². The number of sulfone groups is 1. The molecule has 2 rings (SSSR count). The Morgan fingerprint density at radius 1 is 1.32 bits per heavy atom. The van der Waals surface area contributed by atoms with E-state index in [1.165, 1.54) is 24.0 Å². The van der Waals surface area contributed by atoms with Crippen molar-refractivity contribution >= 4 is 21.7 Å². The number of carbonyl (C=O) groups is 2. The molecule has 7 heteroatoms. The molecule has 1 aliphatic carbocycles. The molecule has 0 radical (unpaired) electrons. The van der Waals surface area contributed by atoms with Crippen LogP contribution in [-0.4, -0.2) is 48.6 Å². The summed E-state index contributed by atoms with van der Waals surface area (Å²) in [5.41, 5.74) is 0.864. The average Bonchev–Trinajstić information content (AvgIpc) is 3.22. The Hall–Kier alpha value is -1.89. The maximum Gasteiger partial charge on any atom is 0.326 e. The van der Waals surface area contributed by atoms with E-state index in [4.69, 9.17) is 0 Å². The van der Waals surface area contributed by atoms with Gasteiger partial charge in [-0.1, -0.05) is 6.07 Å². The van der Waals surface area contributed by atoms with Gasteiger partial charge in [-0.25, -0.2) is 13.2 Å². The van der Waals surface area contributed by atoms with Crippen molar-refractivity contribution in [2.75, 3.05) is 6.26 Å². The highest BCUT2D eigenvalue weighted by Gasteiger charge is 2.39. The number of hydrogen-bond donors (Lipinski definition) is 1. The lowest BCUT2D eigenvalue weighted by Gasteiger charge is -2.27. The van der Waals surface area contributed by atoms with Crippen LogP contribution >= 0.6 is 0 Å². The van der Waals surface area contributed by atoms with Gasteiger partial charge in [-0.2, -0.15) is 0 Å². The Balaban J connectivity index is 2.45. The standard InChI is InChI=1S/C15H19NO5S/c1-9-4-7-12(22(3,20)21)8-13(9)14(17)16(11-5-6-11)10(2)15(18)19/h4,7-8,10-11H,5-6H2,1-3H3,(H,18,19). The van der Waals surface area contributed by atoms with Crippen molar-refractivity contribution in [3.8, 4) is 0 Å².